The Morgan fingerprint density at radius 1 is 0.371 bits per heavy atom. The molecule has 0 fully saturated rings. The van der Waals surface area contributed by atoms with Crippen molar-refractivity contribution < 1.29 is 80.2 Å². The molecule has 0 aliphatic carbocycles. The van der Waals surface area contributed by atoms with Crippen molar-refractivity contribution in [2.45, 2.75) is 343 Å². The predicted octanol–water partition coefficient (Wildman–Crippen LogP) is 19.4. The van der Waals surface area contributed by atoms with Crippen molar-refractivity contribution in [1.29, 1.82) is 0 Å². The number of carbonyl (C=O) groups is 4. The molecule has 524 valence electrons. The van der Waals surface area contributed by atoms with E-state index in [1.54, 1.807) is 0 Å². The zero-order chi connectivity index (χ0) is 65.9. The van der Waals surface area contributed by atoms with Crippen LogP contribution in [0.3, 0.4) is 0 Å². The molecule has 0 aromatic rings. The minimum Gasteiger partial charge on any atom is -0.462 e. The van der Waals surface area contributed by atoms with Crippen molar-refractivity contribution in [3.05, 3.63) is 24.3 Å². The van der Waals surface area contributed by atoms with Crippen LogP contribution in [0.1, 0.15) is 325 Å². The van der Waals surface area contributed by atoms with Gasteiger partial charge in [0.05, 0.1) is 26.4 Å². The molecule has 0 aromatic carbocycles. The summed E-state index contributed by atoms with van der Waals surface area (Å²) in [6, 6.07) is 0. The summed E-state index contributed by atoms with van der Waals surface area (Å²) in [7, 11) is -9.91. The van der Waals surface area contributed by atoms with Gasteiger partial charge in [-0.05, 0) is 69.1 Å². The molecule has 0 rings (SSSR count). The first-order valence-corrected chi connectivity index (χ1v) is 38.7. The summed E-state index contributed by atoms with van der Waals surface area (Å²) in [4.78, 5) is 72.4. The molecule has 0 bridgehead atoms. The van der Waals surface area contributed by atoms with Gasteiger partial charge in [0, 0.05) is 25.7 Å². The highest BCUT2D eigenvalue weighted by Gasteiger charge is 2.30. The molecule has 3 N–H and O–H groups in total. The fourth-order valence-electron chi connectivity index (χ4n) is 9.97. The van der Waals surface area contributed by atoms with E-state index in [1.807, 2.05) is 0 Å². The molecule has 0 amide bonds. The average Bonchev–Trinajstić information content (AvgIpc) is 3.62. The van der Waals surface area contributed by atoms with Crippen molar-refractivity contribution >= 4 is 39.5 Å². The van der Waals surface area contributed by atoms with Crippen LogP contribution in [0, 0.1) is 17.8 Å². The van der Waals surface area contributed by atoms with E-state index in [4.69, 9.17) is 37.0 Å². The Kier molecular flexibility index (Phi) is 58.8. The number of unbranched alkanes of at least 4 members (excludes halogenated alkanes) is 30. The zero-order valence-electron chi connectivity index (χ0n) is 57.4. The van der Waals surface area contributed by atoms with Crippen LogP contribution < -0.4 is 0 Å². The second-order valence-corrected chi connectivity index (χ2v) is 28.7. The molecular formula is C70H132O17P2. The van der Waals surface area contributed by atoms with E-state index < -0.39 is 97.5 Å². The Labute approximate surface area is 542 Å². The number of phosphoric ester groups is 2. The van der Waals surface area contributed by atoms with E-state index in [-0.39, 0.29) is 25.7 Å². The number of carbonyl (C=O) groups excluding carboxylic acids is 4. The van der Waals surface area contributed by atoms with Crippen LogP contribution in [-0.4, -0.2) is 96.7 Å². The zero-order valence-corrected chi connectivity index (χ0v) is 59.2. The van der Waals surface area contributed by atoms with Crippen LogP contribution in [0.5, 0.6) is 0 Å². The Balaban J connectivity index is 5.25. The third kappa shape index (κ3) is 62.7. The summed E-state index contributed by atoms with van der Waals surface area (Å²) >= 11 is 0. The van der Waals surface area contributed by atoms with E-state index in [0.29, 0.717) is 31.6 Å². The quantitative estimate of drug-likeness (QED) is 0.0169. The molecule has 6 atom stereocenters. The molecule has 19 heteroatoms. The van der Waals surface area contributed by atoms with Gasteiger partial charge in [-0.1, -0.05) is 272 Å². The molecule has 89 heavy (non-hydrogen) atoms. The van der Waals surface area contributed by atoms with Crippen molar-refractivity contribution in [1.82, 2.24) is 0 Å². The summed E-state index contributed by atoms with van der Waals surface area (Å²) in [5.74, 6) is 0.00746. The largest absolute Gasteiger partial charge is 0.472 e. The summed E-state index contributed by atoms with van der Waals surface area (Å²) in [5, 5.41) is 10.6. The molecule has 0 aromatic heterocycles. The van der Waals surface area contributed by atoms with Gasteiger partial charge in [-0.3, -0.25) is 37.3 Å². The highest BCUT2D eigenvalue weighted by molar-refractivity contribution is 7.47. The van der Waals surface area contributed by atoms with Crippen LogP contribution in [0.25, 0.3) is 0 Å². The Morgan fingerprint density at radius 3 is 1.00 bits per heavy atom. The number of rotatable bonds is 66. The number of ether oxygens (including phenoxy) is 4. The number of hydrogen-bond acceptors (Lipinski definition) is 15. The third-order valence-electron chi connectivity index (χ3n) is 15.9. The molecule has 0 aliphatic heterocycles. The fraction of sp³-hybridized carbons (Fsp3) is 0.886. The molecular weight excluding hydrogens is 1170 g/mol. The first kappa shape index (κ1) is 86.5. The average molecular weight is 1310 g/mol. The van der Waals surface area contributed by atoms with Crippen LogP contribution >= 0.6 is 15.6 Å². The molecule has 0 heterocycles. The maximum Gasteiger partial charge on any atom is 0.472 e. The van der Waals surface area contributed by atoms with Gasteiger partial charge in [0.2, 0.25) is 0 Å². The molecule has 17 nitrogen and oxygen atoms in total. The Bertz CT molecular complexity index is 1840. The van der Waals surface area contributed by atoms with E-state index in [1.165, 1.54) is 109 Å². The predicted molar refractivity (Wildman–Crippen MR) is 358 cm³/mol. The topological polar surface area (TPSA) is 237 Å². The van der Waals surface area contributed by atoms with Crippen molar-refractivity contribution in [2.24, 2.45) is 17.8 Å². The van der Waals surface area contributed by atoms with Gasteiger partial charge in [0.15, 0.2) is 12.2 Å². The lowest BCUT2D eigenvalue weighted by atomic mass is 10.00. The van der Waals surface area contributed by atoms with Crippen LogP contribution in [-0.2, 0) is 65.4 Å². The van der Waals surface area contributed by atoms with E-state index in [0.717, 1.165) is 127 Å². The fourth-order valence-corrected chi connectivity index (χ4v) is 11.5. The summed E-state index contributed by atoms with van der Waals surface area (Å²) in [5.41, 5.74) is 0. The minimum absolute atomic E-state index is 0.0948. The number of hydrogen-bond donors (Lipinski definition) is 3. The summed E-state index contributed by atoms with van der Waals surface area (Å²) in [6.07, 6.45) is 46.9. The number of aliphatic hydroxyl groups is 1. The Morgan fingerprint density at radius 2 is 0.663 bits per heavy atom. The smallest absolute Gasteiger partial charge is 0.462 e. The van der Waals surface area contributed by atoms with Crippen molar-refractivity contribution in [3.63, 3.8) is 0 Å². The van der Waals surface area contributed by atoms with Crippen LogP contribution in [0.2, 0.25) is 0 Å². The van der Waals surface area contributed by atoms with E-state index >= 15 is 0 Å². The molecule has 0 radical (unpaired) electrons. The molecule has 0 saturated carbocycles. The molecule has 3 unspecified atom stereocenters. The monoisotopic (exact) mass is 1310 g/mol. The number of aliphatic hydroxyl groups excluding tert-OH is 1. The van der Waals surface area contributed by atoms with E-state index in [9.17, 15) is 43.2 Å². The first-order chi connectivity index (χ1) is 42.8. The summed E-state index contributed by atoms with van der Waals surface area (Å²) < 4.78 is 68.2. The second-order valence-electron chi connectivity index (χ2n) is 25.8. The SMILES string of the molecule is CCCCCC/C=C\C=C/CCCCCCCC(=O)OC[C@H](COP(=O)(O)OC[C@@H](O)COP(=O)(O)OC[C@@H](COC(=O)CCCCCCCCC(C)CC)OC(=O)CCCCCCCCCCCCCCC(C)C)OC(=O)CCCCCCCCC(C)C. The van der Waals surface area contributed by atoms with Gasteiger partial charge in [-0.25, -0.2) is 9.13 Å². The van der Waals surface area contributed by atoms with Gasteiger partial charge >= 0.3 is 39.5 Å². The number of phosphoric acid groups is 2. The third-order valence-corrected chi connectivity index (χ3v) is 17.8. The molecule has 0 spiro atoms. The van der Waals surface area contributed by atoms with Crippen molar-refractivity contribution in [3.8, 4) is 0 Å². The highest BCUT2D eigenvalue weighted by Crippen LogP contribution is 2.45. The molecule has 0 saturated heterocycles. The standard InChI is InChI=1S/C70H132O17P2/c1-8-10-11-12-13-14-15-16-17-18-22-25-28-37-44-51-67(72)80-57-66(87-70(75)54-47-40-32-30-35-42-49-62(5)6)60-85-89(78,79)83-56-64(71)55-82-88(76,77)84-59-65(58-81-68(73)52-45-38-33-31-36-43-50-63(7)9-2)86-69(74)53-46-39-29-26-23-20-19-21-24-27-34-41-48-61(3)4/h14-17,61-66,71H,8-13,18-60H2,1-7H3,(H,76,77)(H,78,79)/b15-14-,17-16-/t63?,64-,65+,66+/m0/s1. The van der Waals surface area contributed by atoms with Gasteiger partial charge in [-0.15, -0.1) is 0 Å². The van der Waals surface area contributed by atoms with Crippen LogP contribution in [0.4, 0.5) is 0 Å². The maximum absolute atomic E-state index is 13.0. The lowest BCUT2D eigenvalue weighted by Gasteiger charge is -2.21. The van der Waals surface area contributed by atoms with Crippen molar-refractivity contribution in [2.75, 3.05) is 39.6 Å². The normalized spacial score (nSPS) is 14.7. The maximum atomic E-state index is 13.0. The second kappa shape index (κ2) is 60.5. The van der Waals surface area contributed by atoms with Gasteiger partial charge in [0.1, 0.15) is 19.3 Å². The highest BCUT2D eigenvalue weighted by atomic mass is 31.2. The summed E-state index contributed by atoms with van der Waals surface area (Å²) in [6.45, 7) is 11.7. The lowest BCUT2D eigenvalue weighted by molar-refractivity contribution is -0.161. The van der Waals surface area contributed by atoms with Crippen LogP contribution in [0.15, 0.2) is 24.3 Å². The van der Waals surface area contributed by atoms with E-state index in [2.05, 4.69) is 72.8 Å². The van der Waals surface area contributed by atoms with Gasteiger partial charge in [-0.2, -0.15) is 0 Å². The Hall–Kier alpha value is -2.46. The molecule has 0 aliphatic rings. The van der Waals surface area contributed by atoms with Gasteiger partial charge < -0.3 is 33.8 Å². The first-order valence-electron chi connectivity index (χ1n) is 35.7. The lowest BCUT2D eigenvalue weighted by Crippen LogP contribution is -2.30. The number of allylic oxidation sites excluding steroid dienone is 4. The minimum atomic E-state index is -4.96. The van der Waals surface area contributed by atoms with Gasteiger partial charge in [0.25, 0.3) is 0 Å². The number of esters is 4.